The van der Waals surface area contributed by atoms with Crippen molar-refractivity contribution in [3.8, 4) is 0 Å². The molecule has 1 atom stereocenters. The molecule has 0 unspecified atom stereocenters. The quantitative estimate of drug-likeness (QED) is 0.361. The zero-order chi connectivity index (χ0) is 23.6. The molecule has 0 spiro atoms. The summed E-state index contributed by atoms with van der Waals surface area (Å²) in [5.41, 5.74) is 3.91. The summed E-state index contributed by atoms with van der Waals surface area (Å²) in [5.74, 6) is -0.406. The van der Waals surface area contributed by atoms with Gasteiger partial charge in [0.25, 0.3) is 5.91 Å². The number of carbonyl (C=O) groups is 2. The Balaban J connectivity index is 1.44. The van der Waals surface area contributed by atoms with Crippen molar-refractivity contribution in [1.82, 2.24) is 10.3 Å². The fourth-order valence-electron chi connectivity index (χ4n) is 3.54. The fraction of sp³-hybridized carbons (Fsp3) is 0.0690. The molecule has 34 heavy (non-hydrogen) atoms. The molecule has 0 aliphatic carbocycles. The second-order valence-corrected chi connectivity index (χ2v) is 7.77. The molecule has 0 bridgehead atoms. The Morgan fingerprint density at radius 3 is 2.26 bits per heavy atom. The maximum atomic E-state index is 12.9. The molecule has 3 aromatic carbocycles. The lowest BCUT2D eigenvalue weighted by molar-refractivity contribution is -0.116. The Bertz CT molecular complexity index is 1260. The van der Waals surface area contributed by atoms with Crippen molar-refractivity contribution in [1.29, 1.82) is 0 Å². The van der Waals surface area contributed by atoms with E-state index in [1.807, 2.05) is 103 Å². The number of amides is 2. The van der Waals surface area contributed by atoms with Crippen LogP contribution in [0.4, 0.5) is 5.69 Å². The number of pyridine rings is 1. The summed E-state index contributed by atoms with van der Waals surface area (Å²) in [6.45, 7) is 0. The Morgan fingerprint density at radius 1 is 0.794 bits per heavy atom. The molecular formula is C29H25N3O2. The van der Waals surface area contributed by atoms with E-state index in [0.29, 0.717) is 11.3 Å². The monoisotopic (exact) mass is 447 g/mol. The van der Waals surface area contributed by atoms with Crippen molar-refractivity contribution in [2.24, 2.45) is 0 Å². The van der Waals surface area contributed by atoms with Crippen molar-refractivity contribution < 1.29 is 9.59 Å². The summed E-state index contributed by atoms with van der Waals surface area (Å²) >= 11 is 0. The lowest BCUT2D eigenvalue weighted by Crippen LogP contribution is -2.31. The van der Waals surface area contributed by atoms with Gasteiger partial charge in [0, 0.05) is 17.4 Å². The molecule has 168 valence electrons. The van der Waals surface area contributed by atoms with Crippen LogP contribution in [0.3, 0.4) is 0 Å². The second-order valence-electron chi connectivity index (χ2n) is 7.77. The van der Waals surface area contributed by atoms with Gasteiger partial charge in [0.15, 0.2) is 0 Å². The van der Waals surface area contributed by atoms with Crippen molar-refractivity contribution in [3.05, 3.63) is 132 Å². The average molecular weight is 448 g/mol. The fourth-order valence-corrected chi connectivity index (χ4v) is 3.54. The number of nitrogens with zero attached hydrogens (tertiary/aromatic N) is 1. The normalized spacial score (nSPS) is 11.6. The largest absolute Gasteiger partial charge is 0.345 e. The molecule has 0 aliphatic rings. The molecule has 1 heterocycles. The van der Waals surface area contributed by atoms with Gasteiger partial charge in [-0.15, -0.1) is 0 Å². The standard InChI is InChI=1S/C29H25N3O2/c33-28(31-26-16-9-10-22(20-26)17-18-25-15-7-8-19-30-25)21-27(23-11-3-1-4-12-23)32-29(34)24-13-5-2-6-14-24/h1-20,27H,21H2,(H,31,33)(H,32,34)/b18-17-/t27-/m1/s1. The molecule has 0 aliphatic heterocycles. The van der Waals surface area contributed by atoms with Gasteiger partial charge in [0.2, 0.25) is 5.91 Å². The Kier molecular flexibility index (Phi) is 7.59. The van der Waals surface area contributed by atoms with Gasteiger partial charge in [-0.3, -0.25) is 14.6 Å². The molecule has 0 saturated heterocycles. The first kappa shape index (κ1) is 22.7. The Labute approximate surface area is 199 Å². The van der Waals surface area contributed by atoms with Gasteiger partial charge in [0.05, 0.1) is 18.2 Å². The second kappa shape index (κ2) is 11.4. The molecule has 2 N–H and O–H groups in total. The predicted octanol–water partition coefficient (Wildman–Crippen LogP) is 5.75. The highest BCUT2D eigenvalue weighted by Crippen LogP contribution is 2.20. The number of carbonyl (C=O) groups excluding carboxylic acids is 2. The molecule has 0 radical (unpaired) electrons. The van der Waals surface area contributed by atoms with Crippen molar-refractivity contribution >= 4 is 29.7 Å². The lowest BCUT2D eigenvalue weighted by Gasteiger charge is -2.19. The average Bonchev–Trinajstić information content (AvgIpc) is 2.89. The molecule has 5 nitrogen and oxygen atoms in total. The van der Waals surface area contributed by atoms with Gasteiger partial charge < -0.3 is 10.6 Å². The maximum absolute atomic E-state index is 12.9. The summed E-state index contributed by atoms with van der Waals surface area (Å²) in [6.07, 6.45) is 5.73. The van der Waals surface area contributed by atoms with Gasteiger partial charge in [0.1, 0.15) is 0 Å². The number of aromatic nitrogens is 1. The topological polar surface area (TPSA) is 71.1 Å². The highest BCUT2D eigenvalue weighted by Gasteiger charge is 2.19. The first-order chi connectivity index (χ1) is 16.7. The Hall–Kier alpha value is -4.51. The van der Waals surface area contributed by atoms with E-state index < -0.39 is 6.04 Å². The molecule has 1 aromatic heterocycles. The van der Waals surface area contributed by atoms with Crippen LogP contribution in [0.15, 0.2) is 109 Å². The van der Waals surface area contributed by atoms with E-state index in [0.717, 1.165) is 16.8 Å². The van der Waals surface area contributed by atoms with Crippen LogP contribution < -0.4 is 10.6 Å². The minimum Gasteiger partial charge on any atom is -0.345 e. The van der Waals surface area contributed by atoms with Gasteiger partial charge in [-0.2, -0.15) is 0 Å². The minimum absolute atomic E-state index is 0.108. The summed E-state index contributed by atoms with van der Waals surface area (Å²) in [5, 5.41) is 5.95. The van der Waals surface area contributed by atoms with Crippen LogP contribution in [0.25, 0.3) is 12.2 Å². The first-order valence-corrected chi connectivity index (χ1v) is 11.1. The number of nitrogens with one attached hydrogen (secondary N) is 2. The SMILES string of the molecule is O=C(C[C@@H](NC(=O)c1ccccc1)c1ccccc1)Nc1cccc(/C=C\c2ccccn2)c1. The third-order valence-electron chi connectivity index (χ3n) is 5.24. The van der Waals surface area contributed by atoms with Gasteiger partial charge in [-0.05, 0) is 53.6 Å². The van der Waals surface area contributed by atoms with Gasteiger partial charge in [-0.1, -0.05) is 72.8 Å². The van der Waals surface area contributed by atoms with Crippen molar-refractivity contribution in [2.45, 2.75) is 12.5 Å². The Morgan fingerprint density at radius 2 is 1.53 bits per heavy atom. The van der Waals surface area contributed by atoms with E-state index in [2.05, 4.69) is 15.6 Å². The van der Waals surface area contributed by atoms with Crippen molar-refractivity contribution in [2.75, 3.05) is 5.32 Å². The molecular weight excluding hydrogens is 422 g/mol. The van der Waals surface area contributed by atoms with Crippen LogP contribution in [0.2, 0.25) is 0 Å². The van der Waals surface area contributed by atoms with Crippen LogP contribution in [0.5, 0.6) is 0 Å². The van der Waals surface area contributed by atoms with E-state index in [1.54, 1.807) is 18.3 Å². The van der Waals surface area contributed by atoms with Gasteiger partial charge >= 0.3 is 0 Å². The predicted molar refractivity (Wildman–Crippen MR) is 136 cm³/mol. The molecule has 0 fully saturated rings. The number of anilines is 1. The number of hydrogen-bond acceptors (Lipinski definition) is 3. The highest BCUT2D eigenvalue weighted by molar-refractivity contribution is 5.96. The molecule has 4 aromatic rings. The van der Waals surface area contributed by atoms with Gasteiger partial charge in [-0.25, -0.2) is 0 Å². The van der Waals surface area contributed by atoms with Crippen molar-refractivity contribution in [3.63, 3.8) is 0 Å². The smallest absolute Gasteiger partial charge is 0.251 e. The summed E-state index contributed by atoms with van der Waals surface area (Å²) in [6, 6.07) is 31.4. The minimum atomic E-state index is -0.457. The van der Waals surface area contributed by atoms with Crippen LogP contribution in [0.1, 0.15) is 39.6 Å². The van der Waals surface area contributed by atoms with Crippen LogP contribution >= 0.6 is 0 Å². The molecule has 4 rings (SSSR count). The summed E-state index contributed by atoms with van der Waals surface area (Å²) < 4.78 is 0. The van der Waals surface area contributed by atoms with E-state index >= 15 is 0 Å². The summed E-state index contributed by atoms with van der Waals surface area (Å²) in [4.78, 5) is 29.9. The number of rotatable bonds is 8. The maximum Gasteiger partial charge on any atom is 0.251 e. The van der Waals surface area contributed by atoms with E-state index in [4.69, 9.17) is 0 Å². The highest BCUT2D eigenvalue weighted by atomic mass is 16.2. The lowest BCUT2D eigenvalue weighted by atomic mass is 10.0. The van der Waals surface area contributed by atoms with Crippen LogP contribution in [-0.2, 0) is 4.79 Å². The van der Waals surface area contributed by atoms with E-state index in [1.165, 1.54) is 0 Å². The molecule has 5 heteroatoms. The third-order valence-corrected chi connectivity index (χ3v) is 5.24. The molecule has 0 saturated carbocycles. The van der Waals surface area contributed by atoms with E-state index in [-0.39, 0.29) is 18.2 Å². The zero-order valence-corrected chi connectivity index (χ0v) is 18.6. The van der Waals surface area contributed by atoms with E-state index in [9.17, 15) is 9.59 Å². The molecule has 2 amide bonds. The zero-order valence-electron chi connectivity index (χ0n) is 18.6. The number of benzene rings is 3. The van der Waals surface area contributed by atoms with Crippen LogP contribution in [-0.4, -0.2) is 16.8 Å². The number of hydrogen-bond donors (Lipinski definition) is 2. The third kappa shape index (κ3) is 6.50. The van der Waals surface area contributed by atoms with Crippen LogP contribution in [0, 0.1) is 0 Å². The summed E-state index contributed by atoms with van der Waals surface area (Å²) in [7, 11) is 0. The first-order valence-electron chi connectivity index (χ1n) is 11.1.